The molecule has 5 heteroatoms. The predicted molar refractivity (Wildman–Crippen MR) is 230 cm³/mol. The van der Waals surface area contributed by atoms with Crippen LogP contribution in [0.3, 0.4) is 0 Å². The summed E-state index contributed by atoms with van der Waals surface area (Å²) in [4.78, 5) is 15.6. The minimum absolute atomic E-state index is 0.546. The third-order valence-corrected chi connectivity index (χ3v) is 11.1. The molecule has 0 N–H and O–H groups in total. The fourth-order valence-electron chi connectivity index (χ4n) is 8.44. The summed E-state index contributed by atoms with van der Waals surface area (Å²) in [7, 11) is 0. The van der Waals surface area contributed by atoms with Gasteiger partial charge in [-0.25, -0.2) is 15.0 Å². The van der Waals surface area contributed by atoms with Gasteiger partial charge in [-0.05, 0) is 80.8 Å². The molecule has 3 heterocycles. The highest BCUT2D eigenvalue weighted by Gasteiger charge is 2.22. The minimum atomic E-state index is 0.546. The van der Waals surface area contributed by atoms with Crippen LogP contribution in [0.4, 0.5) is 0 Å². The predicted octanol–water partition coefficient (Wildman–Crippen LogP) is 13.3. The first-order chi connectivity index (χ1) is 27.7. The standard InChI is InChI=1S/C51H30N4O/c1-2-13-32(14-3-1)49-52-50(38-23-22-31-12-4-5-15-33(31)24-38)54-51(53-49)44-30-39(29-43-40-20-10-11-21-47(40)56-48(43)44)55-45-27-36-18-8-6-16-34(36)25-41(45)42-26-35-17-7-9-19-37(35)28-46(42)55/h1-30H. The van der Waals surface area contributed by atoms with E-state index in [2.05, 4.69) is 144 Å². The molecule has 0 amide bonds. The van der Waals surface area contributed by atoms with Crippen LogP contribution in [0.2, 0.25) is 0 Å². The van der Waals surface area contributed by atoms with Crippen molar-refractivity contribution in [2.24, 2.45) is 0 Å². The van der Waals surface area contributed by atoms with Crippen LogP contribution in [0.25, 0.3) is 116 Å². The molecule has 0 aliphatic carbocycles. The summed E-state index contributed by atoms with van der Waals surface area (Å²) in [5, 5.41) is 11.5. The average Bonchev–Trinajstić information content (AvgIpc) is 3.79. The Morgan fingerprint density at radius 1 is 0.357 bits per heavy atom. The smallest absolute Gasteiger partial charge is 0.167 e. The number of fused-ring (bicyclic) bond motifs is 9. The van der Waals surface area contributed by atoms with Crippen LogP contribution in [0, 0.1) is 0 Å². The molecule has 0 bridgehead atoms. The molecular weight excluding hydrogens is 685 g/mol. The van der Waals surface area contributed by atoms with Crippen molar-refractivity contribution in [1.82, 2.24) is 19.5 Å². The van der Waals surface area contributed by atoms with Gasteiger partial charge in [0.2, 0.25) is 0 Å². The highest BCUT2D eigenvalue weighted by molar-refractivity contribution is 6.17. The molecule has 5 nitrogen and oxygen atoms in total. The topological polar surface area (TPSA) is 56.7 Å². The number of nitrogens with zero attached hydrogens (tertiary/aromatic N) is 4. The fraction of sp³-hybridized carbons (Fsp3) is 0. The van der Waals surface area contributed by atoms with Gasteiger partial charge in [-0.2, -0.15) is 0 Å². The molecule has 0 saturated carbocycles. The Labute approximate surface area is 320 Å². The molecule has 0 saturated heterocycles. The van der Waals surface area contributed by atoms with E-state index in [1.54, 1.807) is 0 Å². The van der Waals surface area contributed by atoms with Crippen LogP contribution in [0.1, 0.15) is 0 Å². The average molecular weight is 715 g/mol. The molecule has 0 unspecified atom stereocenters. The number of aromatic nitrogens is 4. The Hall–Kier alpha value is -7.63. The van der Waals surface area contributed by atoms with Crippen LogP contribution in [0.5, 0.6) is 0 Å². The highest BCUT2D eigenvalue weighted by atomic mass is 16.3. The molecule has 0 spiro atoms. The second-order valence-electron chi connectivity index (χ2n) is 14.5. The number of hydrogen-bond donors (Lipinski definition) is 0. The van der Waals surface area contributed by atoms with Gasteiger partial charge in [0.25, 0.3) is 0 Å². The summed E-state index contributed by atoms with van der Waals surface area (Å²) in [5.41, 5.74) is 7.44. The van der Waals surface area contributed by atoms with Gasteiger partial charge in [0.1, 0.15) is 11.2 Å². The van der Waals surface area contributed by atoms with Crippen molar-refractivity contribution in [3.05, 3.63) is 182 Å². The summed E-state index contributed by atoms with van der Waals surface area (Å²) < 4.78 is 9.14. The molecule has 0 atom stereocenters. The molecule has 0 fully saturated rings. The number of benzene rings is 9. The first-order valence-corrected chi connectivity index (χ1v) is 18.8. The lowest BCUT2D eigenvalue weighted by atomic mass is 10.0. The van der Waals surface area contributed by atoms with Gasteiger partial charge in [-0.1, -0.05) is 133 Å². The Morgan fingerprint density at radius 2 is 0.893 bits per heavy atom. The van der Waals surface area contributed by atoms with Crippen molar-refractivity contribution in [2.75, 3.05) is 0 Å². The van der Waals surface area contributed by atoms with Crippen molar-refractivity contribution >= 4 is 76.1 Å². The second kappa shape index (κ2) is 11.9. The normalized spacial score (nSPS) is 11.9. The van der Waals surface area contributed by atoms with E-state index in [1.165, 1.54) is 32.3 Å². The molecule has 0 radical (unpaired) electrons. The van der Waals surface area contributed by atoms with Gasteiger partial charge in [0, 0.05) is 38.4 Å². The summed E-state index contributed by atoms with van der Waals surface area (Å²) in [6, 6.07) is 64.1. The van der Waals surface area contributed by atoms with Crippen molar-refractivity contribution < 1.29 is 4.42 Å². The van der Waals surface area contributed by atoms with Crippen LogP contribution in [0.15, 0.2) is 186 Å². The second-order valence-corrected chi connectivity index (χ2v) is 14.5. The summed E-state index contributed by atoms with van der Waals surface area (Å²) >= 11 is 0. The molecular formula is C51H30N4O. The lowest BCUT2D eigenvalue weighted by Gasteiger charge is -2.13. The quantitative estimate of drug-likeness (QED) is 0.182. The van der Waals surface area contributed by atoms with E-state index in [9.17, 15) is 0 Å². The van der Waals surface area contributed by atoms with Crippen LogP contribution >= 0.6 is 0 Å². The number of rotatable bonds is 4. The fourth-order valence-corrected chi connectivity index (χ4v) is 8.44. The van der Waals surface area contributed by atoms with E-state index in [4.69, 9.17) is 19.4 Å². The van der Waals surface area contributed by atoms with E-state index in [0.717, 1.165) is 66.1 Å². The van der Waals surface area contributed by atoms with E-state index in [1.807, 2.05) is 42.5 Å². The maximum absolute atomic E-state index is 6.74. The Kier molecular flexibility index (Phi) is 6.56. The zero-order valence-corrected chi connectivity index (χ0v) is 30.0. The number of para-hydroxylation sites is 1. The van der Waals surface area contributed by atoms with Crippen molar-refractivity contribution in [3.8, 4) is 39.9 Å². The maximum Gasteiger partial charge on any atom is 0.167 e. The zero-order valence-electron chi connectivity index (χ0n) is 30.0. The summed E-state index contributed by atoms with van der Waals surface area (Å²) in [6.07, 6.45) is 0. The zero-order chi connectivity index (χ0) is 36.7. The first kappa shape index (κ1) is 30.8. The Morgan fingerprint density at radius 3 is 1.57 bits per heavy atom. The highest BCUT2D eigenvalue weighted by Crippen LogP contribution is 2.42. The first-order valence-electron chi connectivity index (χ1n) is 18.8. The molecule has 260 valence electrons. The van der Waals surface area contributed by atoms with Crippen LogP contribution < -0.4 is 0 Å². The van der Waals surface area contributed by atoms with Gasteiger partial charge >= 0.3 is 0 Å². The number of furan rings is 1. The molecule has 0 aliphatic heterocycles. The third-order valence-electron chi connectivity index (χ3n) is 11.1. The number of hydrogen-bond acceptors (Lipinski definition) is 4. The summed E-state index contributed by atoms with van der Waals surface area (Å²) in [6.45, 7) is 0. The van der Waals surface area contributed by atoms with Gasteiger partial charge < -0.3 is 8.98 Å². The molecule has 12 rings (SSSR count). The van der Waals surface area contributed by atoms with Crippen molar-refractivity contribution in [2.45, 2.75) is 0 Å². The van der Waals surface area contributed by atoms with E-state index < -0.39 is 0 Å². The molecule has 56 heavy (non-hydrogen) atoms. The van der Waals surface area contributed by atoms with Gasteiger partial charge in [0.15, 0.2) is 17.5 Å². The lowest BCUT2D eigenvalue weighted by molar-refractivity contribution is 0.669. The van der Waals surface area contributed by atoms with Crippen molar-refractivity contribution in [3.63, 3.8) is 0 Å². The maximum atomic E-state index is 6.74. The molecule has 12 aromatic rings. The monoisotopic (exact) mass is 714 g/mol. The molecule has 0 aliphatic rings. The lowest BCUT2D eigenvalue weighted by Crippen LogP contribution is -2.01. The minimum Gasteiger partial charge on any atom is -0.455 e. The van der Waals surface area contributed by atoms with Gasteiger partial charge in [0.05, 0.1) is 16.6 Å². The van der Waals surface area contributed by atoms with E-state index >= 15 is 0 Å². The summed E-state index contributed by atoms with van der Waals surface area (Å²) in [5.74, 6) is 1.75. The van der Waals surface area contributed by atoms with Crippen molar-refractivity contribution in [1.29, 1.82) is 0 Å². The Balaban J connectivity index is 1.19. The largest absolute Gasteiger partial charge is 0.455 e. The van der Waals surface area contributed by atoms with E-state index in [-0.39, 0.29) is 0 Å². The molecule has 9 aromatic carbocycles. The Bertz CT molecular complexity index is 3450. The molecule has 3 aromatic heterocycles. The SMILES string of the molecule is c1ccc(-c2nc(-c3ccc4ccccc4c3)nc(-c3cc(-n4c5cc6ccccc6cc5c5cc6ccccc6cc54)cc4c3oc3ccccc34)n2)cc1. The third kappa shape index (κ3) is 4.78. The van der Waals surface area contributed by atoms with Gasteiger partial charge in [-0.3, -0.25) is 0 Å². The van der Waals surface area contributed by atoms with Crippen LogP contribution in [-0.2, 0) is 0 Å². The van der Waals surface area contributed by atoms with Crippen LogP contribution in [-0.4, -0.2) is 19.5 Å². The van der Waals surface area contributed by atoms with E-state index in [0.29, 0.717) is 17.5 Å². The van der Waals surface area contributed by atoms with Gasteiger partial charge in [-0.15, -0.1) is 0 Å².